The predicted octanol–water partition coefficient (Wildman–Crippen LogP) is 2.14. The number of carbonyl (C=O) groups is 1. The maximum absolute atomic E-state index is 11.2. The first kappa shape index (κ1) is 19.0. The van der Waals surface area contributed by atoms with Crippen molar-refractivity contribution in [1.29, 1.82) is 0 Å². The van der Waals surface area contributed by atoms with Gasteiger partial charge in [0.05, 0.1) is 19.1 Å². The smallest absolute Gasteiger partial charge is 0.308 e. The molecule has 1 aliphatic rings. The van der Waals surface area contributed by atoms with Crippen molar-refractivity contribution in [3.63, 3.8) is 0 Å². The van der Waals surface area contributed by atoms with Crippen molar-refractivity contribution in [2.75, 3.05) is 20.8 Å². The number of hydrogen-bond donors (Lipinski definition) is 1. The average molecular weight is 268 g/mol. The number of rotatable bonds is 4. The molecule has 0 spiro atoms. The Morgan fingerprint density at radius 3 is 2.18 bits per heavy atom. The first-order chi connectivity index (χ1) is 7.77. The van der Waals surface area contributed by atoms with E-state index in [1.54, 1.807) is 0 Å². The molecule has 0 unspecified atom stereocenters. The number of halogens is 1. The third kappa shape index (κ3) is 7.58. The van der Waals surface area contributed by atoms with Gasteiger partial charge < -0.3 is 15.2 Å². The molecule has 4 nitrogen and oxygen atoms in total. The summed E-state index contributed by atoms with van der Waals surface area (Å²) in [5, 5.41) is 0. The van der Waals surface area contributed by atoms with Crippen LogP contribution in [0, 0.1) is 5.92 Å². The van der Waals surface area contributed by atoms with Crippen molar-refractivity contribution in [2.24, 2.45) is 11.7 Å². The van der Waals surface area contributed by atoms with Crippen LogP contribution in [-0.4, -0.2) is 32.8 Å². The van der Waals surface area contributed by atoms with E-state index in [2.05, 4.69) is 12.7 Å². The number of nitrogens with two attached hydrogens (primary N) is 1. The Bertz CT molecular complexity index is 183. The molecule has 17 heavy (non-hydrogen) atoms. The van der Waals surface area contributed by atoms with E-state index < -0.39 is 0 Å². The van der Waals surface area contributed by atoms with Gasteiger partial charge in [-0.15, -0.1) is 12.4 Å². The third-order valence-corrected chi connectivity index (χ3v) is 2.77. The van der Waals surface area contributed by atoms with Gasteiger partial charge in [-0.25, -0.2) is 0 Å². The molecule has 0 aliphatic heterocycles. The molecule has 0 aromatic heterocycles. The summed E-state index contributed by atoms with van der Waals surface area (Å²) in [6, 6.07) is 0. The fourth-order valence-corrected chi connectivity index (χ4v) is 1.92. The fourth-order valence-electron chi connectivity index (χ4n) is 1.92. The second-order valence-electron chi connectivity index (χ2n) is 3.87. The Morgan fingerprint density at radius 1 is 1.24 bits per heavy atom. The Balaban J connectivity index is 0. The molecule has 0 atom stereocenters. The van der Waals surface area contributed by atoms with Crippen LogP contribution in [0.5, 0.6) is 0 Å². The summed E-state index contributed by atoms with van der Waals surface area (Å²) < 4.78 is 10.4. The molecule has 0 bridgehead atoms. The van der Waals surface area contributed by atoms with E-state index in [9.17, 15) is 4.79 Å². The number of hydrogen-bond acceptors (Lipinski definition) is 4. The maximum atomic E-state index is 11.2. The molecule has 2 N–H and O–H groups in total. The van der Waals surface area contributed by atoms with E-state index >= 15 is 0 Å². The van der Waals surface area contributed by atoms with E-state index in [0.29, 0.717) is 6.10 Å². The topological polar surface area (TPSA) is 61.5 Å². The summed E-state index contributed by atoms with van der Waals surface area (Å²) in [5.74, 6) is 0.0559. The minimum absolute atomic E-state index is 0. The molecule has 1 saturated carbocycles. The lowest BCUT2D eigenvalue weighted by atomic mass is 9.87. The van der Waals surface area contributed by atoms with Crippen LogP contribution in [-0.2, 0) is 14.3 Å². The Labute approximate surface area is 111 Å². The molecule has 1 fully saturated rings. The van der Waals surface area contributed by atoms with Crippen molar-refractivity contribution >= 4 is 18.4 Å². The fraction of sp³-hybridized carbons (Fsp3) is 0.917. The SMILES string of the molecule is CCCOC1CCC(C(=O)OC)CC1.CN.Cl. The van der Waals surface area contributed by atoms with E-state index in [-0.39, 0.29) is 24.3 Å². The molecule has 0 saturated heterocycles. The molecule has 0 amide bonds. The highest BCUT2D eigenvalue weighted by atomic mass is 35.5. The first-order valence-corrected chi connectivity index (χ1v) is 6.05. The van der Waals surface area contributed by atoms with Crippen molar-refractivity contribution in [3.8, 4) is 0 Å². The highest BCUT2D eigenvalue weighted by molar-refractivity contribution is 5.85. The molecule has 1 aliphatic carbocycles. The van der Waals surface area contributed by atoms with E-state index in [1.165, 1.54) is 14.2 Å². The molecule has 5 heteroatoms. The summed E-state index contributed by atoms with van der Waals surface area (Å²) in [7, 11) is 2.96. The lowest BCUT2D eigenvalue weighted by Gasteiger charge is -2.26. The average Bonchev–Trinajstić information content (AvgIpc) is 2.38. The van der Waals surface area contributed by atoms with Crippen LogP contribution in [0.1, 0.15) is 39.0 Å². The molecule has 104 valence electrons. The lowest BCUT2D eigenvalue weighted by Crippen LogP contribution is -2.27. The molecule has 1 rings (SSSR count). The molecule has 0 aromatic rings. The van der Waals surface area contributed by atoms with Gasteiger partial charge in [0.25, 0.3) is 0 Å². The van der Waals surface area contributed by atoms with Gasteiger partial charge in [0, 0.05) is 6.61 Å². The van der Waals surface area contributed by atoms with Gasteiger partial charge >= 0.3 is 5.97 Å². The van der Waals surface area contributed by atoms with E-state index in [4.69, 9.17) is 9.47 Å². The van der Waals surface area contributed by atoms with Gasteiger partial charge in [0.15, 0.2) is 0 Å². The Hall–Kier alpha value is -0.320. The normalized spacial score (nSPS) is 22.8. The highest BCUT2D eigenvalue weighted by Crippen LogP contribution is 2.26. The van der Waals surface area contributed by atoms with Crippen LogP contribution >= 0.6 is 12.4 Å². The minimum Gasteiger partial charge on any atom is -0.469 e. The van der Waals surface area contributed by atoms with Crippen LogP contribution in [0.3, 0.4) is 0 Å². The summed E-state index contributed by atoms with van der Waals surface area (Å²) >= 11 is 0. The zero-order valence-corrected chi connectivity index (χ0v) is 11.9. The number of esters is 1. The summed E-state index contributed by atoms with van der Waals surface area (Å²) in [4.78, 5) is 11.2. The van der Waals surface area contributed by atoms with Gasteiger partial charge in [0.1, 0.15) is 0 Å². The summed E-state index contributed by atoms with van der Waals surface area (Å²) in [5.41, 5.74) is 4.50. The van der Waals surface area contributed by atoms with Crippen LogP contribution in [0.15, 0.2) is 0 Å². The van der Waals surface area contributed by atoms with Crippen molar-refractivity contribution < 1.29 is 14.3 Å². The van der Waals surface area contributed by atoms with Gasteiger partial charge in [-0.3, -0.25) is 4.79 Å². The van der Waals surface area contributed by atoms with E-state index in [1.807, 2.05) is 0 Å². The first-order valence-electron chi connectivity index (χ1n) is 6.05. The monoisotopic (exact) mass is 267 g/mol. The predicted molar refractivity (Wildman–Crippen MR) is 71.4 cm³/mol. The number of ether oxygens (including phenoxy) is 2. The van der Waals surface area contributed by atoms with Gasteiger partial charge in [-0.1, -0.05) is 6.92 Å². The largest absolute Gasteiger partial charge is 0.469 e. The van der Waals surface area contributed by atoms with E-state index in [0.717, 1.165) is 38.7 Å². The Kier molecular flexibility index (Phi) is 13.6. The van der Waals surface area contributed by atoms with Crippen LogP contribution < -0.4 is 5.73 Å². The zero-order chi connectivity index (χ0) is 12.4. The summed E-state index contributed by atoms with van der Waals surface area (Å²) in [6.07, 6.45) is 5.27. The lowest BCUT2D eigenvalue weighted by molar-refractivity contribution is -0.147. The van der Waals surface area contributed by atoms with Crippen LogP contribution in [0.2, 0.25) is 0 Å². The second-order valence-corrected chi connectivity index (χ2v) is 3.87. The molecular weight excluding hydrogens is 242 g/mol. The van der Waals surface area contributed by atoms with Crippen molar-refractivity contribution in [1.82, 2.24) is 0 Å². The Morgan fingerprint density at radius 2 is 1.76 bits per heavy atom. The van der Waals surface area contributed by atoms with Crippen molar-refractivity contribution in [3.05, 3.63) is 0 Å². The number of carbonyl (C=O) groups excluding carboxylic acids is 1. The molecule has 0 aromatic carbocycles. The third-order valence-electron chi connectivity index (χ3n) is 2.77. The van der Waals surface area contributed by atoms with Gasteiger partial charge in [-0.2, -0.15) is 0 Å². The molecular formula is C12H26ClNO3. The zero-order valence-electron chi connectivity index (χ0n) is 11.1. The number of methoxy groups -OCH3 is 1. The second kappa shape index (κ2) is 12.1. The van der Waals surface area contributed by atoms with Crippen LogP contribution in [0.4, 0.5) is 0 Å². The highest BCUT2D eigenvalue weighted by Gasteiger charge is 2.26. The maximum Gasteiger partial charge on any atom is 0.308 e. The summed E-state index contributed by atoms with van der Waals surface area (Å²) in [6.45, 7) is 2.95. The minimum atomic E-state index is -0.0565. The molecule has 0 heterocycles. The quantitative estimate of drug-likeness (QED) is 0.793. The standard InChI is InChI=1S/C11H20O3.CH5N.ClH/c1-3-8-14-10-6-4-9(5-7-10)11(12)13-2;1-2;/h9-10H,3-8H2,1-2H3;2H2,1H3;1H. The van der Waals surface area contributed by atoms with Crippen LogP contribution in [0.25, 0.3) is 0 Å². The van der Waals surface area contributed by atoms with Gasteiger partial charge in [0.2, 0.25) is 0 Å². The van der Waals surface area contributed by atoms with Gasteiger partial charge in [-0.05, 0) is 39.2 Å². The molecule has 0 radical (unpaired) electrons. The van der Waals surface area contributed by atoms with Crippen molar-refractivity contribution in [2.45, 2.75) is 45.1 Å².